The van der Waals surface area contributed by atoms with Crippen molar-refractivity contribution in [3.8, 4) is 24.3 Å². The van der Waals surface area contributed by atoms with Crippen molar-refractivity contribution in [2.75, 3.05) is 0 Å². The van der Waals surface area contributed by atoms with Crippen molar-refractivity contribution in [2.45, 2.75) is 0 Å². The van der Waals surface area contributed by atoms with Crippen LogP contribution in [-0.4, -0.2) is 25.3 Å². The zero-order chi connectivity index (χ0) is 11.3. The highest BCUT2D eigenvalue weighted by Gasteiger charge is 1.98. The number of nitrogens with one attached hydrogen (secondary N) is 1. The van der Waals surface area contributed by atoms with E-state index in [-0.39, 0.29) is 5.75 Å². The van der Waals surface area contributed by atoms with Crippen molar-refractivity contribution in [1.29, 1.82) is 0 Å². The van der Waals surface area contributed by atoms with E-state index >= 15 is 0 Å². The van der Waals surface area contributed by atoms with Gasteiger partial charge in [0.05, 0.1) is 5.69 Å². The van der Waals surface area contributed by atoms with Crippen LogP contribution >= 0.6 is 12.2 Å². The van der Waals surface area contributed by atoms with Crippen LogP contribution in [0.5, 0.6) is 5.75 Å². The minimum Gasteiger partial charge on any atom is -0.508 e. The summed E-state index contributed by atoms with van der Waals surface area (Å²) in [4.78, 5) is 0. The Kier molecular flexibility index (Phi) is 3.60. The molecular weight excluding hydrogens is 212 g/mol. The van der Waals surface area contributed by atoms with Gasteiger partial charge in [0.1, 0.15) is 5.75 Å². The highest BCUT2D eigenvalue weighted by atomic mass is 32.1. The maximum Gasteiger partial charge on any atom is 0.242 e. The number of terminal acetylenes is 1. The number of tetrazole rings is 1. The third kappa shape index (κ3) is 2.42. The fourth-order valence-corrected chi connectivity index (χ4v) is 1.15. The van der Waals surface area contributed by atoms with E-state index in [1.807, 2.05) is 0 Å². The van der Waals surface area contributed by atoms with Crippen molar-refractivity contribution < 1.29 is 5.11 Å². The van der Waals surface area contributed by atoms with Gasteiger partial charge in [0, 0.05) is 0 Å². The molecule has 0 bridgehead atoms. The Morgan fingerprint density at radius 3 is 2.33 bits per heavy atom. The average molecular weight is 220 g/mol. The summed E-state index contributed by atoms with van der Waals surface area (Å²) in [5, 5.41) is 18.8. The molecule has 0 aliphatic heterocycles. The van der Waals surface area contributed by atoms with Gasteiger partial charge in [-0.15, -0.1) is 12.8 Å². The Labute approximate surface area is 91.4 Å². The summed E-state index contributed by atoms with van der Waals surface area (Å²) in [5.74, 6) is 0.211. The van der Waals surface area contributed by atoms with Gasteiger partial charge >= 0.3 is 0 Å². The summed E-state index contributed by atoms with van der Waals surface area (Å²) in [6.07, 6.45) is 8.00. The van der Waals surface area contributed by atoms with E-state index in [1.54, 1.807) is 24.3 Å². The summed E-state index contributed by atoms with van der Waals surface area (Å²) in [7, 11) is 0. The van der Waals surface area contributed by atoms with E-state index in [9.17, 15) is 0 Å². The van der Waals surface area contributed by atoms with Crippen molar-refractivity contribution in [1.82, 2.24) is 20.2 Å². The van der Waals surface area contributed by atoms with E-state index in [1.165, 1.54) is 4.68 Å². The molecule has 0 aliphatic rings. The maximum atomic E-state index is 9.05. The SMILES string of the molecule is C#C.Oc1ccc(-n2[nH]nnc2=S)cc1. The normalized spacial score (nSPS) is 8.93. The van der Waals surface area contributed by atoms with Crippen LogP contribution in [0.15, 0.2) is 24.3 Å². The number of hydrogen-bond donors (Lipinski definition) is 2. The number of aromatic amines is 1. The van der Waals surface area contributed by atoms with Crippen LogP contribution in [-0.2, 0) is 0 Å². The average Bonchev–Trinajstić information content (AvgIpc) is 2.69. The molecule has 2 rings (SSSR count). The fourth-order valence-electron chi connectivity index (χ4n) is 0.967. The van der Waals surface area contributed by atoms with E-state index in [0.717, 1.165) is 5.69 Å². The first kappa shape index (κ1) is 10.9. The van der Waals surface area contributed by atoms with Crippen LogP contribution < -0.4 is 0 Å². The molecule has 2 aromatic rings. The Balaban J connectivity index is 0.000000531. The maximum absolute atomic E-state index is 9.05. The minimum absolute atomic E-state index is 0.211. The smallest absolute Gasteiger partial charge is 0.242 e. The van der Waals surface area contributed by atoms with Crippen LogP contribution in [0.2, 0.25) is 0 Å². The molecule has 0 amide bonds. The zero-order valence-corrected chi connectivity index (χ0v) is 8.48. The number of hydrogen-bond acceptors (Lipinski definition) is 4. The zero-order valence-electron chi connectivity index (χ0n) is 7.66. The molecule has 15 heavy (non-hydrogen) atoms. The molecule has 5 nitrogen and oxygen atoms in total. The second-order valence-electron chi connectivity index (χ2n) is 2.43. The number of phenolic OH excluding ortho intramolecular Hbond substituents is 1. The third-order valence-corrected chi connectivity index (χ3v) is 1.84. The lowest BCUT2D eigenvalue weighted by molar-refractivity contribution is 0.475. The summed E-state index contributed by atoms with van der Waals surface area (Å²) in [6.45, 7) is 0. The van der Waals surface area contributed by atoms with E-state index in [4.69, 9.17) is 17.3 Å². The summed E-state index contributed by atoms with van der Waals surface area (Å²) in [6, 6.07) is 6.56. The van der Waals surface area contributed by atoms with Crippen LogP contribution in [0.3, 0.4) is 0 Å². The van der Waals surface area contributed by atoms with Gasteiger partial charge in [-0.05, 0) is 36.5 Å². The second kappa shape index (κ2) is 4.93. The standard InChI is InChI=1S/C7H6N4OS.C2H2/c12-6-3-1-5(2-4-6)11-7(13)8-9-10-11;1-2/h1-4,12H,(H,8,10,13);1-2H. The number of rotatable bonds is 1. The highest BCUT2D eigenvalue weighted by Crippen LogP contribution is 2.12. The van der Waals surface area contributed by atoms with Gasteiger partial charge in [-0.2, -0.15) is 5.21 Å². The van der Waals surface area contributed by atoms with E-state index < -0.39 is 0 Å². The molecule has 0 spiro atoms. The van der Waals surface area contributed by atoms with Gasteiger partial charge < -0.3 is 5.11 Å². The molecule has 0 saturated carbocycles. The summed E-state index contributed by atoms with van der Waals surface area (Å²) in [5.41, 5.74) is 0.785. The van der Waals surface area contributed by atoms with Crippen molar-refractivity contribution in [3.05, 3.63) is 29.0 Å². The lowest BCUT2D eigenvalue weighted by Crippen LogP contribution is -1.95. The molecule has 0 radical (unpaired) electrons. The Morgan fingerprint density at radius 1 is 1.27 bits per heavy atom. The number of benzene rings is 1. The topological polar surface area (TPSA) is 66.7 Å². The molecule has 2 N–H and O–H groups in total. The van der Waals surface area contributed by atoms with Crippen LogP contribution in [0.25, 0.3) is 5.69 Å². The van der Waals surface area contributed by atoms with E-state index in [0.29, 0.717) is 4.77 Å². The van der Waals surface area contributed by atoms with Crippen LogP contribution in [0.1, 0.15) is 0 Å². The molecule has 76 valence electrons. The summed E-state index contributed by atoms with van der Waals surface area (Å²) >= 11 is 4.90. The lowest BCUT2D eigenvalue weighted by Gasteiger charge is -1.99. The Morgan fingerprint density at radius 2 is 1.87 bits per heavy atom. The van der Waals surface area contributed by atoms with E-state index in [2.05, 4.69) is 28.4 Å². The minimum atomic E-state index is 0.211. The fraction of sp³-hybridized carbons (Fsp3) is 0. The number of nitrogens with zero attached hydrogens (tertiary/aromatic N) is 3. The molecule has 1 aromatic heterocycles. The Hall–Kier alpha value is -2.13. The lowest BCUT2D eigenvalue weighted by atomic mass is 10.3. The quantitative estimate of drug-likeness (QED) is 0.561. The molecule has 1 heterocycles. The number of H-pyrrole nitrogens is 1. The molecule has 6 heteroatoms. The highest BCUT2D eigenvalue weighted by molar-refractivity contribution is 7.71. The van der Waals surface area contributed by atoms with Gasteiger partial charge in [-0.1, -0.05) is 10.3 Å². The van der Waals surface area contributed by atoms with Crippen LogP contribution in [0, 0.1) is 17.6 Å². The van der Waals surface area contributed by atoms with Gasteiger partial charge in [-0.25, -0.2) is 4.68 Å². The monoisotopic (exact) mass is 220 g/mol. The second-order valence-corrected chi connectivity index (χ2v) is 2.80. The molecule has 0 unspecified atom stereocenters. The van der Waals surface area contributed by atoms with Gasteiger partial charge in [0.2, 0.25) is 4.77 Å². The Bertz CT molecular complexity index is 497. The number of phenols is 1. The summed E-state index contributed by atoms with van der Waals surface area (Å²) < 4.78 is 1.89. The van der Waals surface area contributed by atoms with Crippen molar-refractivity contribution in [2.24, 2.45) is 0 Å². The van der Waals surface area contributed by atoms with Gasteiger partial charge in [0.25, 0.3) is 0 Å². The van der Waals surface area contributed by atoms with Gasteiger partial charge in [0.15, 0.2) is 0 Å². The van der Waals surface area contributed by atoms with Gasteiger partial charge in [-0.3, -0.25) is 0 Å². The molecule has 0 saturated heterocycles. The predicted octanol–water partition coefficient (Wildman–Crippen LogP) is 1.28. The van der Waals surface area contributed by atoms with Crippen molar-refractivity contribution in [3.63, 3.8) is 0 Å². The third-order valence-electron chi connectivity index (χ3n) is 1.58. The first-order valence-electron chi connectivity index (χ1n) is 3.90. The number of aromatic hydroxyl groups is 1. The molecule has 0 aliphatic carbocycles. The molecule has 0 fully saturated rings. The van der Waals surface area contributed by atoms with Crippen LogP contribution in [0.4, 0.5) is 0 Å². The molecular formula is C9H8N4OS. The largest absolute Gasteiger partial charge is 0.508 e. The van der Waals surface area contributed by atoms with Crippen molar-refractivity contribution >= 4 is 12.2 Å². The first-order valence-corrected chi connectivity index (χ1v) is 4.31. The predicted molar refractivity (Wildman–Crippen MR) is 58.1 cm³/mol. The first-order chi connectivity index (χ1) is 7.27. The number of aromatic nitrogens is 4. The molecule has 0 atom stereocenters. The molecule has 1 aromatic carbocycles.